The third-order valence-electron chi connectivity index (χ3n) is 5.16. The summed E-state index contributed by atoms with van der Waals surface area (Å²) >= 11 is 0. The number of pyridine rings is 1. The van der Waals surface area contributed by atoms with Gasteiger partial charge in [-0.15, -0.1) is 0 Å². The van der Waals surface area contributed by atoms with Crippen LogP contribution in [0.25, 0.3) is 11.1 Å². The van der Waals surface area contributed by atoms with Crippen LogP contribution in [0.15, 0.2) is 42.7 Å². The lowest BCUT2D eigenvalue weighted by Gasteiger charge is -2.26. The van der Waals surface area contributed by atoms with E-state index in [1.807, 2.05) is 37.3 Å². The zero-order valence-electron chi connectivity index (χ0n) is 13.5. The number of aryl methyl sites for hydroxylation is 1. The number of hydrogen-bond acceptors (Lipinski definition) is 3. The molecular weight excluding hydrogens is 302 g/mol. The molecule has 24 heavy (non-hydrogen) atoms. The van der Waals surface area contributed by atoms with Crippen molar-refractivity contribution in [2.24, 2.45) is 17.6 Å². The Morgan fingerprint density at radius 3 is 2.79 bits per heavy atom. The monoisotopic (exact) mass is 321 g/mol. The van der Waals surface area contributed by atoms with Gasteiger partial charge in [0.15, 0.2) is 0 Å². The van der Waals surface area contributed by atoms with Crippen LogP contribution in [0.1, 0.15) is 22.3 Å². The summed E-state index contributed by atoms with van der Waals surface area (Å²) in [6.45, 7) is 2.60. The number of piperidine rings is 1. The van der Waals surface area contributed by atoms with Crippen molar-refractivity contribution in [2.45, 2.75) is 19.4 Å². The molecule has 1 aromatic carbocycles. The van der Waals surface area contributed by atoms with Gasteiger partial charge in [0.05, 0.1) is 0 Å². The van der Waals surface area contributed by atoms with Gasteiger partial charge in [-0.2, -0.15) is 0 Å². The first-order chi connectivity index (χ1) is 11.6. The van der Waals surface area contributed by atoms with E-state index in [0.29, 0.717) is 18.0 Å². The number of amides is 2. The number of nitrogens with zero attached hydrogens (tertiary/aromatic N) is 2. The highest BCUT2D eigenvalue weighted by Gasteiger charge is 2.56. The quantitative estimate of drug-likeness (QED) is 0.939. The summed E-state index contributed by atoms with van der Waals surface area (Å²) in [6, 6.07) is 9.00. The zero-order chi connectivity index (χ0) is 16.8. The minimum Gasteiger partial charge on any atom is -0.368 e. The average molecular weight is 321 g/mol. The third kappa shape index (κ3) is 2.28. The van der Waals surface area contributed by atoms with E-state index in [1.54, 1.807) is 17.3 Å². The van der Waals surface area contributed by atoms with Gasteiger partial charge in [-0.1, -0.05) is 18.2 Å². The summed E-state index contributed by atoms with van der Waals surface area (Å²) in [5, 5.41) is 0. The molecule has 1 saturated heterocycles. The SMILES string of the molecule is Cc1cccc(C(=O)N2C[C@H]3C[C@H]3[C@H]2C(N)=O)c1-c1cccnc1. The topological polar surface area (TPSA) is 76.3 Å². The van der Waals surface area contributed by atoms with Crippen molar-refractivity contribution in [3.63, 3.8) is 0 Å². The van der Waals surface area contributed by atoms with Crippen molar-refractivity contribution in [1.82, 2.24) is 9.88 Å². The van der Waals surface area contributed by atoms with Crippen LogP contribution in [0.4, 0.5) is 0 Å². The van der Waals surface area contributed by atoms with Gasteiger partial charge in [0, 0.05) is 30.1 Å². The Morgan fingerprint density at radius 1 is 1.25 bits per heavy atom. The molecule has 2 fully saturated rings. The van der Waals surface area contributed by atoms with E-state index in [-0.39, 0.29) is 11.8 Å². The lowest BCUT2D eigenvalue weighted by atomic mass is 9.95. The Hall–Kier alpha value is -2.69. The number of hydrogen-bond donors (Lipinski definition) is 1. The molecule has 122 valence electrons. The van der Waals surface area contributed by atoms with Gasteiger partial charge in [-0.3, -0.25) is 14.6 Å². The maximum Gasteiger partial charge on any atom is 0.255 e. The molecule has 0 radical (unpaired) electrons. The fourth-order valence-electron chi connectivity index (χ4n) is 3.93. The Labute approximate surface area is 140 Å². The molecule has 1 saturated carbocycles. The Morgan fingerprint density at radius 2 is 2.08 bits per heavy atom. The number of benzene rings is 1. The lowest BCUT2D eigenvalue weighted by Crippen LogP contribution is -2.46. The van der Waals surface area contributed by atoms with E-state index in [9.17, 15) is 9.59 Å². The summed E-state index contributed by atoms with van der Waals surface area (Å²) in [4.78, 5) is 30.8. The highest BCUT2D eigenvalue weighted by Crippen LogP contribution is 2.50. The summed E-state index contributed by atoms with van der Waals surface area (Å²) in [7, 11) is 0. The molecule has 2 aromatic rings. The number of likely N-dealkylation sites (tertiary alicyclic amines) is 1. The Kier molecular flexibility index (Phi) is 3.37. The predicted octanol–water partition coefficient (Wildman–Crippen LogP) is 2.00. The van der Waals surface area contributed by atoms with E-state index in [0.717, 1.165) is 23.1 Å². The molecule has 2 aliphatic rings. The predicted molar refractivity (Wildman–Crippen MR) is 90.0 cm³/mol. The van der Waals surface area contributed by atoms with Crippen molar-refractivity contribution in [3.8, 4) is 11.1 Å². The van der Waals surface area contributed by atoms with E-state index >= 15 is 0 Å². The second-order valence-electron chi connectivity index (χ2n) is 6.70. The summed E-state index contributed by atoms with van der Waals surface area (Å²) in [6.07, 6.45) is 4.47. The minimum absolute atomic E-state index is 0.117. The van der Waals surface area contributed by atoms with Gasteiger partial charge in [0.1, 0.15) is 6.04 Å². The number of primary amides is 1. The molecule has 5 nitrogen and oxygen atoms in total. The maximum absolute atomic E-state index is 13.2. The van der Waals surface area contributed by atoms with E-state index in [2.05, 4.69) is 4.98 Å². The van der Waals surface area contributed by atoms with Crippen molar-refractivity contribution in [3.05, 3.63) is 53.9 Å². The largest absolute Gasteiger partial charge is 0.368 e. The molecule has 3 atom stereocenters. The van der Waals surface area contributed by atoms with Crippen LogP contribution in [0.2, 0.25) is 0 Å². The molecule has 0 bridgehead atoms. The van der Waals surface area contributed by atoms with Crippen LogP contribution in [-0.4, -0.2) is 34.3 Å². The van der Waals surface area contributed by atoms with Crippen LogP contribution in [-0.2, 0) is 4.79 Å². The third-order valence-corrected chi connectivity index (χ3v) is 5.16. The van der Waals surface area contributed by atoms with Gasteiger partial charge in [0.2, 0.25) is 5.91 Å². The summed E-state index contributed by atoms with van der Waals surface area (Å²) in [5.74, 6) is 0.161. The molecular formula is C19H19N3O2. The minimum atomic E-state index is -0.468. The summed E-state index contributed by atoms with van der Waals surface area (Å²) < 4.78 is 0. The van der Waals surface area contributed by atoms with Gasteiger partial charge in [0.25, 0.3) is 5.91 Å². The first-order valence-corrected chi connectivity index (χ1v) is 8.18. The fourth-order valence-corrected chi connectivity index (χ4v) is 3.93. The Balaban J connectivity index is 1.76. The van der Waals surface area contributed by atoms with Gasteiger partial charge < -0.3 is 10.6 Å². The standard InChI is InChI=1S/C19H19N3O2/c1-11-4-2-6-14(16(11)12-5-3-7-21-9-12)19(24)22-10-13-8-15(13)17(22)18(20)23/h2-7,9,13,15,17H,8,10H2,1H3,(H2,20,23)/t13-,15-,17+/m1/s1. The Bertz CT molecular complexity index is 819. The smallest absolute Gasteiger partial charge is 0.255 e. The molecule has 0 spiro atoms. The molecule has 2 N–H and O–H groups in total. The molecule has 1 aromatic heterocycles. The molecule has 4 rings (SSSR count). The highest BCUT2D eigenvalue weighted by atomic mass is 16.2. The number of fused-ring (bicyclic) bond motifs is 1. The van der Waals surface area contributed by atoms with E-state index in [1.165, 1.54) is 0 Å². The highest BCUT2D eigenvalue weighted by molar-refractivity contribution is 6.03. The first kappa shape index (κ1) is 14.9. The van der Waals surface area contributed by atoms with Gasteiger partial charge in [-0.25, -0.2) is 0 Å². The van der Waals surface area contributed by atoms with Crippen molar-refractivity contribution in [1.29, 1.82) is 0 Å². The average Bonchev–Trinajstić information content (AvgIpc) is 3.23. The van der Waals surface area contributed by atoms with Gasteiger partial charge in [-0.05, 0) is 48.4 Å². The molecule has 1 aliphatic heterocycles. The van der Waals surface area contributed by atoms with E-state index in [4.69, 9.17) is 5.73 Å². The first-order valence-electron chi connectivity index (χ1n) is 8.18. The zero-order valence-corrected chi connectivity index (χ0v) is 13.5. The molecule has 0 unspecified atom stereocenters. The summed E-state index contributed by atoms with van der Waals surface area (Å²) in [5.41, 5.74) is 8.95. The fraction of sp³-hybridized carbons (Fsp3) is 0.316. The van der Waals surface area contributed by atoms with Crippen molar-refractivity contribution >= 4 is 11.8 Å². The number of carbonyl (C=O) groups is 2. The lowest BCUT2D eigenvalue weighted by molar-refractivity contribution is -0.122. The second kappa shape index (κ2) is 5.44. The number of carbonyl (C=O) groups excluding carboxylic acids is 2. The normalized spacial score (nSPS) is 24.5. The number of rotatable bonds is 3. The molecule has 5 heteroatoms. The van der Waals surface area contributed by atoms with Crippen LogP contribution in [0.5, 0.6) is 0 Å². The van der Waals surface area contributed by atoms with Crippen molar-refractivity contribution in [2.75, 3.05) is 6.54 Å². The second-order valence-corrected chi connectivity index (χ2v) is 6.70. The number of nitrogens with two attached hydrogens (primary N) is 1. The molecule has 2 heterocycles. The van der Waals surface area contributed by atoms with Crippen LogP contribution in [0.3, 0.4) is 0 Å². The van der Waals surface area contributed by atoms with Crippen LogP contribution in [0, 0.1) is 18.8 Å². The van der Waals surface area contributed by atoms with E-state index < -0.39 is 11.9 Å². The number of aromatic nitrogens is 1. The van der Waals surface area contributed by atoms with Crippen molar-refractivity contribution < 1.29 is 9.59 Å². The molecule has 1 aliphatic carbocycles. The molecule has 2 amide bonds. The van der Waals surface area contributed by atoms with Gasteiger partial charge >= 0.3 is 0 Å². The van der Waals surface area contributed by atoms with Crippen LogP contribution >= 0.6 is 0 Å². The van der Waals surface area contributed by atoms with Crippen LogP contribution < -0.4 is 5.73 Å². The maximum atomic E-state index is 13.2.